The summed E-state index contributed by atoms with van der Waals surface area (Å²) in [6.45, 7) is 0.490. The summed E-state index contributed by atoms with van der Waals surface area (Å²) in [5, 5.41) is 13.2. The fourth-order valence-corrected chi connectivity index (χ4v) is 4.28. The maximum absolute atomic E-state index is 13.2. The van der Waals surface area contributed by atoms with Crippen molar-refractivity contribution in [3.63, 3.8) is 0 Å². The number of rotatable bonds is 6. The van der Waals surface area contributed by atoms with Gasteiger partial charge in [-0.3, -0.25) is 4.79 Å². The number of Topliss-reactive ketones (excluding diaryl/α,β-unsaturated/α-hetero) is 1. The summed E-state index contributed by atoms with van der Waals surface area (Å²) in [6, 6.07) is 22.1. The van der Waals surface area contributed by atoms with Crippen molar-refractivity contribution in [1.82, 2.24) is 10.2 Å². The van der Waals surface area contributed by atoms with Crippen molar-refractivity contribution in [2.45, 2.75) is 19.0 Å². The van der Waals surface area contributed by atoms with Crippen LogP contribution in [-0.4, -0.2) is 40.4 Å². The van der Waals surface area contributed by atoms with Crippen molar-refractivity contribution in [2.24, 2.45) is 5.92 Å². The van der Waals surface area contributed by atoms with Crippen LogP contribution in [0.4, 0.5) is 4.79 Å². The first-order valence-corrected chi connectivity index (χ1v) is 11.0. The van der Waals surface area contributed by atoms with Gasteiger partial charge in [-0.2, -0.15) is 0 Å². The molecular formula is C26H23ClN2O4. The summed E-state index contributed by atoms with van der Waals surface area (Å²) >= 11 is 5.94. The zero-order valence-electron chi connectivity index (χ0n) is 17.8. The molecule has 0 aromatic heterocycles. The lowest BCUT2D eigenvalue weighted by Gasteiger charge is -2.24. The van der Waals surface area contributed by atoms with Crippen molar-refractivity contribution in [3.8, 4) is 11.1 Å². The Morgan fingerprint density at radius 2 is 1.52 bits per heavy atom. The Bertz CT molecular complexity index is 1150. The van der Waals surface area contributed by atoms with E-state index in [9.17, 15) is 19.5 Å². The predicted octanol–water partition coefficient (Wildman–Crippen LogP) is 4.87. The number of hydrogen-bond acceptors (Lipinski definition) is 3. The molecule has 4 rings (SSSR count). The molecule has 6 nitrogen and oxygen atoms in total. The van der Waals surface area contributed by atoms with Gasteiger partial charge >= 0.3 is 12.0 Å². The molecule has 0 bridgehead atoms. The lowest BCUT2D eigenvalue weighted by atomic mass is 9.90. The summed E-state index contributed by atoms with van der Waals surface area (Å²) in [7, 11) is 0. The van der Waals surface area contributed by atoms with Crippen LogP contribution in [-0.2, 0) is 11.3 Å². The van der Waals surface area contributed by atoms with Gasteiger partial charge in [0.1, 0.15) is 6.04 Å². The molecule has 3 aromatic carbocycles. The van der Waals surface area contributed by atoms with Crippen molar-refractivity contribution in [2.75, 3.05) is 6.54 Å². The molecule has 168 valence electrons. The topological polar surface area (TPSA) is 86.7 Å². The van der Waals surface area contributed by atoms with E-state index >= 15 is 0 Å². The first kappa shape index (κ1) is 22.6. The minimum absolute atomic E-state index is 0.205. The number of aliphatic carboxylic acids is 1. The molecule has 1 fully saturated rings. The van der Waals surface area contributed by atoms with Crippen LogP contribution in [0.5, 0.6) is 0 Å². The van der Waals surface area contributed by atoms with E-state index in [2.05, 4.69) is 5.32 Å². The van der Waals surface area contributed by atoms with E-state index in [0.717, 1.165) is 16.7 Å². The Balaban J connectivity index is 1.46. The SMILES string of the molecule is O=C(c1ccc(-c2ccc(Cl)cc2)cc1)[C@H]1CCN(C(=O)NCc2ccccc2)[C@@H]1C(=O)O. The number of carboxylic acids is 1. The van der Waals surface area contributed by atoms with Crippen LogP contribution in [0.15, 0.2) is 78.9 Å². The number of amides is 2. The molecule has 1 aliphatic heterocycles. The normalized spacial score (nSPS) is 17.5. The highest BCUT2D eigenvalue weighted by atomic mass is 35.5. The molecule has 0 saturated carbocycles. The predicted molar refractivity (Wildman–Crippen MR) is 126 cm³/mol. The Labute approximate surface area is 196 Å². The second kappa shape index (κ2) is 9.88. The molecule has 33 heavy (non-hydrogen) atoms. The number of nitrogens with zero attached hydrogens (tertiary/aromatic N) is 1. The standard InChI is InChI=1S/C26H23ClN2O4/c27-21-12-10-19(11-13-21)18-6-8-20(9-7-18)24(30)22-14-15-29(23(22)25(31)32)26(33)28-16-17-4-2-1-3-5-17/h1-13,22-23H,14-16H2,(H,28,33)(H,31,32)/t22-,23-/m0/s1. The number of carbonyl (C=O) groups excluding carboxylic acids is 2. The van der Waals surface area contributed by atoms with Gasteiger partial charge in [-0.25, -0.2) is 9.59 Å². The fraction of sp³-hybridized carbons (Fsp3) is 0.192. The minimum Gasteiger partial charge on any atom is -0.480 e. The monoisotopic (exact) mass is 462 g/mol. The van der Waals surface area contributed by atoms with Gasteiger partial charge in [0.25, 0.3) is 0 Å². The minimum atomic E-state index is -1.20. The summed E-state index contributed by atoms with van der Waals surface area (Å²) < 4.78 is 0. The van der Waals surface area contributed by atoms with E-state index in [0.29, 0.717) is 17.0 Å². The van der Waals surface area contributed by atoms with Crippen LogP contribution in [0.2, 0.25) is 5.02 Å². The Kier molecular flexibility index (Phi) is 6.75. The third-order valence-corrected chi connectivity index (χ3v) is 6.13. The second-order valence-corrected chi connectivity index (χ2v) is 8.40. The van der Waals surface area contributed by atoms with Gasteiger partial charge in [-0.15, -0.1) is 0 Å². The number of ketones is 1. The summed E-state index contributed by atoms with van der Waals surface area (Å²) in [5.41, 5.74) is 3.22. The van der Waals surface area contributed by atoms with Gasteiger partial charge in [-0.1, -0.05) is 78.3 Å². The largest absolute Gasteiger partial charge is 0.480 e. The van der Waals surface area contributed by atoms with Crippen LogP contribution in [0.1, 0.15) is 22.3 Å². The lowest BCUT2D eigenvalue weighted by molar-refractivity contribution is -0.142. The van der Waals surface area contributed by atoms with Crippen LogP contribution in [0, 0.1) is 5.92 Å². The quantitative estimate of drug-likeness (QED) is 0.511. The van der Waals surface area contributed by atoms with Gasteiger partial charge in [0.15, 0.2) is 5.78 Å². The number of urea groups is 1. The van der Waals surface area contributed by atoms with Crippen molar-refractivity contribution >= 4 is 29.4 Å². The average molecular weight is 463 g/mol. The molecule has 7 heteroatoms. The fourth-order valence-electron chi connectivity index (χ4n) is 4.16. The van der Waals surface area contributed by atoms with Crippen molar-refractivity contribution in [1.29, 1.82) is 0 Å². The van der Waals surface area contributed by atoms with Crippen molar-refractivity contribution < 1.29 is 19.5 Å². The maximum atomic E-state index is 13.2. The lowest BCUT2D eigenvalue weighted by Crippen LogP contribution is -2.48. The maximum Gasteiger partial charge on any atom is 0.327 e. The highest BCUT2D eigenvalue weighted by Crippen LogP contribution is 2.29. The number of benzene rings is 3. The molecule has 1 heterocycles. The van der Waals surface area contributed by atoms with Crippen LogP contribution in [0.25, 0.3) is 11.1 Å². The Hall–Kier alpha value is -3.64. The second-order valence-electron chi connectivity index (χ2n) is 7.96. The van der Waals surface area contributed by atoms with Gasteiger partial charge in [0.2, 0.25) is 0 Å². The molecule has 0 spiro atoms. The van der Waals surface area contributed by atoms with E-state index in [1.54, 1.807) is 24.3 Å². The molecule has 1 aliphatic rings. The van der Waals surface area contributed by atoms with E-state index in [1.165, 1.54) is 4.90 Å². The van der Waals surface area contributed by atoms with Crippen LogP contribution < -0.4 is 5.32 Å². The molecule has 0 unspecified atom stereocenters. The molecule has 1 saturated heterocycles. The number of nitrogens with one attached hydrogen (secondary N) is 1. The first-order valence-electron chi connectivity index (χ1n) is 10.7. The third kappa shape index (κ3) is 5.07. The highest BCUT2D eigenvalue weighted by molar-refractivity contribution is 6.30. The third-order valence-electron chi connectivity index (χ3n) is 5.88. The number of carbonyl (C=O) groups is 3. The zero-order valence-corrected chi connectivity index (χ0v) is 18.5. The summed E-state index contributed by atoms with van der Waals surface area (Å²) in [4.78, 5) is 39.1. The van der Waals surface area contributed by atoms with Crippen molar-refractivity contribution in [3.05, 3.63) is 95.0 Å². The molecule has 2 amide bonds. The van der Waals surface area contributed by atoms with Crippen LogP contribution >= 0.6 is 11.6 Å². The number of carboxylic acid groups (broad SMARTS) is 1. The van der Waals surface area contributed by atoms with Gasteiger partial charge in [0.05, 0.1) is 5.92 Å². The summed E-state index contributed by atoms with van der Waals surface area (Å²) in [5.74, 6) is -2.26. The van der Waals surface area contributed by atoms with E-state index in [1.807, 2.05) is 54.6 Å². The molecule has 2 N–H and O–H groups in total. The number of likely N-dealkylation sites (tertiary alicyclic amines) is 1. The molecule has 0 radical (unpaired) electrons. The Morgan fingerprint density at radius 3 is 2.12 bits per heavy atom. The average Bonchev–Trinajstić information content (AvgIpc) is 3.29. The number of halogens is 1. The molecule has 3 aromatic rings. The van der Waals surface area contributed by atoms with Gasteiger partial charge in [-0.05, 0) is 35.2 Å². The molecular weight excluding hydrogens is 440 g/mol. The zero-order chi connectivity index (χ0) is 23.4. The first-order chi connectivity index (χ1) is 15.9. The summed E-state index contributed by atoms with van der Waals surface area (Å²) in [6.07, 6.45) is 0.299. The van der Waals surface area contributed by atoms with Gasteiger partial charge in [0, 0.05) is 23.7 Å². The molecule has 2 atom stereocenters. The number of hydrogen-bond donors (Lipinski definition) is 2. The van der Waals surface area contributed by atoms with E-state index < -0.39 is 24.0 Å². The molecule has 0 aliphatic carbocycles. The van der Waals surface area contributed by atoms with E-state index in [4.69, 9.17) is 11.6 Å². The highest BCUT2D eigenvalue weighted by Gasteiger charge is 2.45. The van der Waals surface area contributed by atoms with E-state index in [-0.39, 0.29) is 18.9 Å². The van der Waals surface area contributed by atoms with Gasteiger partial charge < -0.3 is 15.3 Å². The Morgan fingerprint density at radius 1 is 0.909 bits per heavy atom. The smallest absolute Gasteiger partial charge is 0.327 e. The van der Waals surface area contributed by atoms with Crippen LogP contribution in [0.3, 0.4) is 0 Å².